The number of aryl methyl sites for hydroxylation is 1. The number of carboxylic acids is 1. The number of carbonyl (C=O) groups excluding carboxylic acids is 1. The third-order valence-corrected chi connectivity index (χ3v) is 4.56. The first-order valence-electron chi connectivity index (χ1n) is 7.67. The lowest BCUT2D eigenvalue weighted by Gasteiger charge is -2.19. The van der Waals surface area contributed by atoms with Crippen LogP contribution in [0.1, 0.15) is 31.8 Å². The van der Waals surface area contributed by atoms with E-state index in [4.69, 9.17) is 9.84 Å². The van der Waals surface area contributed by atoms with Crippen LogP contribution in [0.15, 0.2) is 41.3 Å². The quantitative estimate of drug-likeness (QED) is 0.797. The lowest BCUT2D eigenvalue weighted by atomic mass is 10.1. The summed E-state index contributed by atoms with van der Waals surface area (Å²) >= 11 is 1.60. The molecule has 5 nitrogen and oxygen atoms in total. The molecule has 25 heavy (non-hydrogen) atoms. The minimum Gasteiger partial charge on any atom is -0.496 e. The number of ether oxygens (including phenoxy) is 1. The summed E-state index contributed by atoms with van der Waals surface area (Å²) in [6, 6.07) is 10.5. The molecule has 1 amide bonds. The maximum absolute atomic E-state index is 12.7. The highest BCUT2D eigenvalue weighted by atomic mass is 32.2. The van der Waals surface area contributed by atoms with Gasteiger partial charge in [-0.15, -0.1) is 11.8 Å². The first-order valence-corrected chi connectivity index (χ1v) is 8.89. The van der Waals surface area contributed by atoms with Crippen molar-refractivity contribution in [1.82, 2.24) is 4.90 Å². The number of carboxylic acid groups (broad SMARTS) is 1. The zero-order chi connectivity index (χ0) is 18.6. The van der Waals surface area contributed by atoms with Crippen LogP contribution in [0.2, 0.25) is 0 Å². The molecule has 0 atom stereocenters. The molecular formula is C19H21NO4S. The Balaban J connectivity index is 2.22. The molecule has 2 rings (SSSR count). The van der Waals surface area contributed by atoms with Crippen LogP contribution in [0.4, 0.5) is 0 Å². The van der Waals surface area contributed by atoms with Crippen LogP contribution in [0, 0.1) is 6.92 Å². The van der Waals surface area contributed by atoms with E-state index in [2.05, 4.69) is 0 Å². The molecule has 0 unspecified atom stereocenters. The van der Waals surface area contributed by atoms with Gasteiger partial charge in [0.05, 0.1) is 12.7 Å². The Morgan fingerprint density at radius 1 is 1.16 bits per heavy atom. The van der Waals surface area contributed by atoms with E-state index in [1.165, 1.54) is 6.07 Å². The van der Waals surface area contributed by atoms with E-state index < -0.39 is 5.97 Å². The predicted octanol–water partition coefficient (Wildman–Crippen LogP) is 3.70. The van der Waals surface area contributed by atoms with E-state index in [1.807, 2.05) is 24.5 Å². The van der Waals surface area contributed by atoms with Crippen molar-refractivity contribution in [3.8, 4) is 5.75 Å². The number of amides is 1. The maximum Gasteiger partial charge on any atom is 0.335 e. The fraction of sp³-hybridized carbons (Fsp3) is 0.263. The molecule has 0 saturated heterocycles. The Kier molecular flexibility index (Phi) is 6.09. The Morgan fingerprint density at radius 3 is 2.44 bits per heavy atom. The second-order valence-corrected chi connectivity index (χ2v) is 6.59. The third kappa shape index (κ3) is 4.54. The van der Waals surface area contributed by atoms with E-state index in [9.17, 15) is 9.59 Å². The van der Waals surface area contributed by atoms with Crippen LogP contribution < -0.4 is 4.74 Å². The van der Waals surface area contributed by atoms with Crippen molar-refractivity contribution in [3.05, 3.63) is 58.7 Å². The standard InChI is InChI=1S/C19H21NO4S/c1-12-7-14(10-15(8-12)19(22)23)18(21)20(2)11-13-5-6-17(25-4)16(9-13)24-3/h5-10H,11H2,1-4H3,(H,22,23). The Bertz CT molecular complexity index is 804. The number of aromatic carboxylic acids is 1. The van der Waals surface area contributed by atoms with Gasteiger partial charge in [0.15, 0.2) is 0 Å². The van der Waals surface area contributed by atoms with Crippen molar-refractivity contribution in [2.24, 2.45) is 0 Å². The monoisotopic (exact) mass is 359 g/mol. The van der Waals surface area contributed by atoms with Crippen molar-refractivity contribution >= 4 is 23.6 Å². The van der Waals surface area contributed by atoms with Crippen LogP contribution in [0.25, 0.3) is 0 Å². The van der Waals surface area contributed by atoms with Crippen LogP contribution >= 0.6 is 11.8 Å². The van der Waals surface area contributed by atoms with E-state index in [1.54, 1.807) is 49.9 Å². The normalized spacial score (nSPS) is 10.4. The fourth-order valence-electron chi connectivity index (χ4n) is 2.58. The zero-order valence-corrected chi connectivity index (χ0v) is 15.5. The van der Waals surface area contributed by atoms with Crippen molar-refractivity contribution in [3.63, 3.8) is 0 Å². The molecule has 0 heterocycles. The molecule has 0 saturated carbocycles. The number of methoxy groups -OCH3 is 1. The van der Waals surface area contributed by atoms with Gasteiger partial charge in [-0.3, -0.25) is 4.79 Å². The van der Waals surface area contributed by atoms with Gasteiger partial charge in [-0.2, -0.15) is 0 Å². The van der Waals surface area contributed by atoms with Gasteiger partial charge in [0.25, 0.3) is 5.91 Å². The van der Waals surface area contributed by atoms with E-state index >= 15 is 0 Å². The molecule has 0 aliphatic carbocycles. The van der Waals surface area contributed by atoms with Gasteiger partial charge in [-0.25, -0.2) is 4.79 Å². The molecule has 2 aromatic carbocycles. The van der Waals surface area contributed by atoms with Crippen LogP contribution in [0.5, 0.6) is 5.75 Å². The second-order valence-electron chi connectivity index (χ2n) is 5.74. The molecule has 0 aliphatic heterocycles. The summed E-state index contributed by atoms with van der Waals surface area (Å²) in [5.74, 6) is -0.494. The molecule has 0 aliphatic rings. The smallest absolute Gasteiger partial charge is 0.335 e. The fourth-order valence-corrected chi connectivity index (χ4v) is 3.12. The molecule has 2 aromatic rings. The van der Waals surface area contributed by atoms with Crippen molar-refractivity contribution in [2.75, 3.05) is 20.4 Å². The highest BCUT2D eigenvalue weighted by Crippen LogP contribution is 2.28. The maximum atomic E-state index is 12.7. The average Bonchev–Trinajstić information content (AvgIpc) is 2.60. The lowest BCUT2D eigenvalue weighted by molar-refractivity contribution is 0.0696. The van der Waals surface area contributed by atoms with Gasteiger partial charge in [0.1, 0.15) is 5.75 Å². The number of carbonyl (C=O) groups is 2. The van der Waals surface area contributed by atoms with Gasteiger partial charge in [-0.1, -0.05) is 6.07 Å². The summed E-state index contributed by atoms with van der Waals surface area (Å²) in [6.07, 6.45) is 1.98. The number of thioether (sulfide) groups is 1. The Labute approximate surface area is 151 Å². The van der Waals surface area contributed by atoms with Gasteiger partial charge in [-0.05, 0) is 54.6 Å². The summed E-state index contributed by atoms with van der Waals surface area (Å²) in [5, 5.41) is 9.16. The largest absolute Gasteiger partial charge is 0.496 e. The van der Waals surface area contributed by atoms with Gasteiger partial charge in [0.2, 0.25) is 0 Å². The predicted molar refractivity (Wildman–Crippen MR) is 98.7 cm³/mol. The summed E-state index contributed by atoms with van der Waals surface area (Å²) in [4.78, 5) is 26.4. The number of nitrogens with zero attached hydrogens (tertiary/aromatic N) is 1. The van der Waals surface area contributed by atoms with E-state index in [0.717, 1.165) is 21.8 Å². The molecular weight excluding hydrogens is 338 g/mol. The highest BCUT2D eigenvalue weighted by Gasteiger charge is 2.16. The number of rotatable bonds is 6. The molecule has 0 fully saturated rings. The summed E-state index contributed by atoms with van der Waals surface area (Å²) in [5.41, 5.74) is 2.16. The van der Waals surface area contributed by atoms with Crippen molar-refractivity contribution in [1.29, 1.82) is 0 Å². The van der Waals surface area contributed by atoms with Crippen LogP contribution in [-0.2, 0) is 6.54 Å². The van der Waals surface area contributed by atoms with Crippen LogP contribution in [-0.4, -0.2) is 42.3 Å². The molecule has 0 spiro atoms. The van der Waals surface area contributed by atoms with Crippen molar-refractivity contribution < 1.29 is 19.4 Å². The minimum absolute atomic E-state index is 0.114. The van der Waals surface area contributed by atoms with Gasteiger partial charge >= 0.3 is 5.97 Å². The summed E-state index contributed by atoms with van der Waals surface area (Å²) < 4.78 is 5.37. The average molecular weight is 359 g/mol. The first kappa shape index (κ1) is 18.9. The first-order chi connectivity index (χ1) is 11.8. The topological polar surface area (TPSA) is 66.8 Å². The number of hydrogen-bond donors (Lipinski definition) is 1. The molecule has 1 N–H and O–H groups in total. The van der Waals surface area contributed by atoms with E-state index in [-0.39, 0.29) is 11.5 Å². The summed E-state index contributed by atoms with van der Waals surface area (Å²) in [7, 11) is 3.31. The highest BCUT2D eigenvalue weighted by molar-refractivity contribution is 7.98. The Morgan fingerprint density at radius 2 is 1.84 bits per heavy atom. The third-order valence-electron chi connectivity index (χ3n) is 3.79. The number of hydrogen-bond acceptors (Lipinski definition) is 4. The summed E-state index contributed by atoms with van der Waals surface area (Å²) in [6.45, 7) is 2.18. The second kappa shape index (κ2) is 8.07. The van der Waals surface area contributed by atoms with Crippen molar-refractivity contribution in [2.45, 2.75) is 18.4 Å². The Hall–Kier alpha value is -2.47. The van der Waals surface area contributed by atoms with Gasteiger partial charge in [0, 0.05) is 24.1 Å². The molecule has 6 heteroatoms. The molecule has 0 radical (unpaired) electrons. The van der Waals surface area contributed by atoms with Gasteiger partial charge < -0.3 is 14.7 Å². The number of benzene rings is 2. The molecule has 0 bridgehead atoms. The van der Waals surface area contributed by atoms with Crippen LogP contribution in [0.3, 0.4) is 0 Å². The SMILES string of the molecule is COc1cc(CN(C)C(=O)c2cc(C)cc(C(=O)O)c2)ccc1SC. The molecule has 132 valence electrons. The lowest BCUT2D eigenvalue weighted by Crippen LogP contribution is -2.26. The minimum atomic E-state index is -1.04. The van der Waals surface area contributed by atoms with E-state index in [0.29, 0.717) is 12.1 Å². The molecule has 0 aromatic heterocycles. The zero-order valence-electron chi connectivity index (χ0n) is 14.7.